The minimum absolute atomic E-state index is 0.0869. The summed E-state index contributed by atoms with van der Waals surface area (Å²) in [5, 5.41) is 12.4. The zero-order valence-electron chi connectivity index (χ0n) is 13.2. The van der Waals surface area contributed by atoms with Gasteiger partial charge in [0.05, 0.1) is 6.61 Å². The Labute approximate surface area is 140 Å². The number of halogens is 1. The molecular weight excluding hydrogens is 314 g/mol. The lowest BCUT2D eigenvalue weighted by Crippen LogP contribution is -2.21. The highest BCUT2D eigenvalue weighted by atomic mass is 35.5. The summed E-state index contributed by atoms with van der Waals surface area (Å²) in [5.41, 5.74) is 2.92. The van der Waals surface area contributed by atoms with E-state index in [1.165, 1.54) is 0 Å². The van der Waals surface area contributed by atoms with Crippen molar-refractivity contribution >= 4 is 23.2 Å². The first-order chi connectivity index (χ1) is 11.0. The highest BCUT2D eigenvalue weighted by molar-refractivity contribution is 6.31. The van der Waals surface area contributed by atoms with Crippen molar-refractivity contribution < 1.29 is 9.90 Å². The van der Waals surface area contributed by atoms with Crippen molar-refractivity contribution in [1.29, 1.82) is 0 Å². The van der Waals surface area contributed by atoms with Crippen molar-refractivity contribution in [2.45, 2.75) is 13.5 Å². The molecule has 1 amide bonds. The number of aryl methyl sites for hydroxylation is 1. The Hall–Kier alpha value is -1.95. The first-order valence-electron chi connectivity index (χ1n) is 7.31. The summed E-state index contributed by atoms with van der Waals surface area (Å²) < 4.78 is 0. The molecule has 0 aliphatic carbocycles. The molecular formula is C17H20ClN3O2. The van der Waals surface area contributed by atoms with Crippen LogP contribution in [-0.2, 0) is 6.54 Å². The zero-order chi connectivity index (χ0) is 16.8. The second kappa shape index (κ2) is 8.06. The van der Waals surface area contributed by atoms with E-state index >= 15 is 0 Å². The van der Waals surface area contributed by atoms with Crippen LogP contribution >= 0.6 is 11.6 Å². The molecule has 0 unspecified atom stereocenters. The van der Waals surface area contributed by atoms with Crippen molar-refractivity contribution in [1.82, 2.24) is 9.88 Å². The van der Waals surface area contributed by atoms with Crippen LogP contribution in [0.5, 0.6) is 0 Å². The largest absolute Gasteiger partial charge is 0.395 e. The third-order valence-electron chi connectivity index (χ3n) is 3.37. The van der Waals surface area contributed by atoms with E-state index in [1.807, 2.05) is 31.0 Å². The summed E-state index contributed by atoms with van der Waals surface area (Å²) in [4.78, 5) is 18.3. The van der Waals surface area contributed by atoms with Gasteiger partial charge in [0.25, 0.3) is 5.91 Å². The molecule has 2 rings (SSSR count). The molecule has 1 aromatic carbocycles. The third-order valence-corrected chi connectivity index (χ3v) is 3.74. The number of likely N-dealkylation sites (N-methyl/N-ethyl adjacent to an activating group) is 1. The monoisotopic (exact) mass is 333 g/mol. The maximum Gasteiger partial charge on any atom is 0.274 e. The van der Waals surface area contributed by atoms with Gasteiger partial charge in [-0.3, -0.25) is 14.7 Å². The van der Waals surface area contributed by atoms with E-state index in [0.717, 1.165) is 11.1 Å². The number of aliphatic hydroxyl groups is 1. The van der Waals surface area contributed by atoms with Crippen LogP contribution in [0.15, 0.2) is 36.5 Å². The average molecular weight is 334 g/mol. The van der Waals surface area contributed by atoms with E-state index in [-0.39, 0.29) is 12.5 Å². The van der Waals surface area contributed by atoms with Crippen molar-refractivity contribution in [3.8, 4) is 0 Å². The molecule has 0 saturated carbocycles. The van der Waals surface area contributed by atoms with Gasteiger partial charge in [-0.25, -0.2) is 0 Å². The molecule has 1 heterocycles. The van der Waals surface area contributed by atoms with Gasteiger partial charge in [0.15, 0.2) is 0 Å². The van der Waals surface area contributed by atoms with Gasteiger partial charge in [-0.2, -0.15) is 0 Å². The Bertz CT molecular complexity index is 674. The second-order valence-electron chi connectivity index (χ2n) is 5.44. The summed E-state index contributed by atoms with van der Waals surface area (Å²) in [6.45, 7) is 3.15. The topological polar surface area (TPSA) is 65.5 Å². The maximum atomic E-state index is 12.2. The van der Waals surface area contributed by atoms with E-state index in [9.17, 15) is 4.79 Å². The SMILES string of the molecule is Cc1ccc(C(=O)Nc2ccc(Cl)c(CN(C)CCO)c2)nc1. The predicted molar refractivity (Wildman–Crippen MR) is 91.8 cm³/mol. The Kier molecular flexibility index (Phi) is 6.10. The van der Waals surface area contributed by atoms with Gasteiger partial charge in [0.2, 0.25) is 0 Å². The fourth-order valence-corrected chi connectivity index (χ4v) is 2.29. The lowest BCUT2D eigenvalue weighted by atomic mass is 10.2. The first-order valence-corrected chi connectivity index (χ1v) is 7.69. The van der Waals surface area contributed by atoms with Crippen molar-refractivity contribution in [2.24, 2.45) is 0 Å². The minimum Gasteiger partial charge on any atom is -0.395 e. The molecule has 0 saturated heterocycles. The van der Waals surface area contributed by atoms with Crippen LogP contribution in [0.1, 0.15) is 21.6 Å². The average Bonchev–Trinajstić information content (AvgIpc) is 2.51. The molecule has 0 aliphatic heterocycles. The van der Waals surface area contributed by atoms with Crippen molar-refractivity contribution in [3.63, 3.8) is 0 Å². The number of anilines is 1. The van der Waals surface area contributed by atoms with Crippen LogP contribution in [0, 0.1) is 6.92 Å². The maximum absolute atomic E-state index is 12.2. The predicted octanol–water partition coefficient (Wildman–Crippen LogP) is 2.72. The molecule has 0 spiro atoms. The van der Waals surface area contributed by atoms with Gasteiger partial charge in [-0.05, 0) is 49.4 Å². The second-order valence-corrected chi connectivity index (χ2v) is 5.85. The van der Waals surface area contributed by atoms with Gasteiger partial charge >= 0.3 is 0 Å². The molecule has 122 valence electrons. The summed E-state index contributed by atoms with van der Waals surface area (Å²) in [6.07, 6.45) is 1.66. The van der Waals surface area contributed by atoms with Crippen LogP contribution in [0.25, 0.3) is 0 Å². The van der Waals surface area contributed by atoms with Gasteiger partial charge in [-0.15, -0.1) is 0 Å². The number of carbonyl (C=O) groups excluding carboxylic acids is 1. The minimum atomic E-state index is -0.262. The Morgan fingerprint density at radius 1 is 1.35 bits per heavy atom. The molecule has 6 heteroatoms. The Balaban J connectivity index is 2.11. The van der Waals surface area contributed by atoms with E-state index in [4.69, 9.17) is 16.7 Å². The fourth-order valence-electron chi connectivity index (χ4n) is 2.11. The number of nitrogens with one attached hydrogen (secondary N) is 1. The number of carbonyl (C=O) groups is 1. The van der Waals surface area contributed by atoms with Crippen molar-refractivity contribution in [3.05, 3.63) is 58.4 Å². The van der Waals surface area contributed by atoms with E-state index in [1.54, 1.807) is 24.4 Å². The van der Waals surface area contributed by atoms with Gasteiger partial charge in [0.1, 0.15) is 5.69 Å². The van der Waals surface area contributed by atoms with Crippen LogP contribution in [0.2, 0.25) is 5.02 Å². The Morgan fingerprint density at radius 3 is 2.78 bits per heavy atom. The quantitative estimate of drug-likeness (QED) is 0.853. The fraction of sp³-hybridized carbons (Fsp3) is 0.294. The normalized spacial score (nSPS) is 10.8. The molecule has 2 aromatic rings. The molecule has 0 atom stereocenters. The van der Waals surface area contributed by atoms with E-state index in [0.29, 0.717) is 29.5 Å². The lowest BCUT2D eigenvalue weighted by Gasteiger charge is -2.17. The van der Waals surface area contributed by atoms with Gasteiger partial charge in [-0.1, -0.05) is 17.7 Å². The number of nitrogens with zero attached hydrogens (tertiary/aromatic N) is 2. The van der Waals surface area contributed by atoms with Crippen LogP contribution in [0.4, 0.5) is 5.69 Å². The number of benzene rings is 1. The molecule has 0 bridgehead atoms. The summed E-state index contributed by atoms with van der Waals surface area (Å²) >= 11 is 6.20. The number of amides is 1. The van der Waals surface area contributed by atoms with Gasteiger partial charge < -0.3 is 10.4 Å². The molecule has 23 heavy (non-hydrogen) atoms. The van der Waals surface area contributed by atoms with Gasteiger partial charge in [0, 0.05) is 30.0 Å². The molecule has 2 N–H and O–H groups in total. The number of rotatable bonds is 6. The molecule has 5 nitrogen and oxygen atoms in total. The lowest BCUT2D eigenvalue weighted by molar-refractivity contribution is 0.102. The molecule has 0 fully saturated rings. The van der Waals surface area contributed by atoms with Crippen LogP contribution < -0.4 is 5.32 Å². The highest BCUT2D eigenvalue weighted by Crippen LogP contribution is 2.22. The molecule has 1 aromatic heterocycles. The summed E-state index contributed by atoms with van der Waals surface area (Å²) in [7, 11) is 1.90. The summed E-state index contributed by atoms with van der Waals surface area (Å²) in [6, 6.07) is 8.88. The molecule has 0 aliphatic rings. The standard InChI is InChI=1S/C17H20ClN3O2/c1-12-3-6-16(19-10-12)17(23)20-14-4-5-15(18)13(9-14)11-21(2)7-8-22/h3-6,9-10,22H,7-8,11H2,1-2H3,(H,20,23). The van der Waals surface area contributed by atoms with E-state index in [2.05, 4.69) is 10.3 Å². The van der Waals surface area contributed by atoms with Crippen molar-refractivity contribution in [2.75, 3.05) is 25.5 Å². The number of hydrogen-bond donors (Lipinski definition) is 2. The molecule has 0 radical (unpaired) electrons. The first kappa shape index (κ1) is 17.4. The Morgan fingerprint density at radius 2 is 2.13 bits per heavy atom. The summed E-state index contributed by atoms with van der Waals surface area (Å²) in [5.74, 6) is -0.262. The zero-order valence-corrected chi connectivity index (χ0v) is 14.0. The number of hydrogen-bond acceptors (Lipinski definition) is 4. The number of aromatic nitrogens is 1. The number of aliphatic hydroxyl groups excluding tert-OH is 1. The highest BCUT2D eigenvalue weighted by Gasteiger charge is 2.10. The number of pyridine rings is 1. The van der Waals surface area contributed by atoms with Crippen LogP contribution in [-0.4, -0.2) is 41.1 Å². The third kappa shape index (κ3) is 5.03. The van der Waals surface area contributed by atoms with Crippen LogP contribution in [0.3, 0.4) is 0 Å². The smallest absolute Gasteiger partial charge is 0.274 e. The van der Waals surface area contributed by atoms with E-state index < -0.39 is 0 Å².